The number of thioether (sulfide) groups is 1. The molecule has 1 amide bonds. The number of halogens is 1. The van der Waals surface area contributed by atoms with Gasteiger partial charge in [0.25, 0.3) is 0 Å². The van der Waals surface area contributed by atoms with Crippen LogP contribution >= 0.6 is 34.7 Å². The van der Waals surface area contributed by atoms with Crippen LogP contribution in [-0.2, 0) is 4.79 Å². The van der Waals surface area contributed by atoms with E-state index >= 15 is 0 Å². The Morgan fingerprint density at radius 1 is 1.60 bits per heavy atom. The average molecular weight is 330 g/mol. The van der Waals surface area contributed by atoms with E-state index in [4.69, 9.17) is 11.6 Å². The molecule has 7 heteroatoms. The molecule has 0 saturated carbocycles. The van der Waals surface area contributed by atoms with E-state index in [9.17, 15) is 4.79 Å². The molecule has 0 aromatic carbocycles. The second-order valence-electron chi connectivity index (χ2n) is 4.29. The van der Waals surface area contributed by atoms with Gasteiger partial charge in [0.2, 0.25) is 5.91 Å². The van der Waals surface area contributed by atoms with Crippen molar-refractivity contribution in [3.05, 3.63) is 16.2 Å². The zero-order valence-corrected chi connectivity index (χ0v) is 13.8. The smallest absolute Gasteiger partial charge is 0.228 e. The van der Waals surface area contributed by atoms with Crippen LogP contribution in [0.4, 0.5) is 5.00 Å². The maximum Gasteiger partial charge on any atom is 0.228 e. The molecule has 20 heavy (non-hydrogen) atoms. The third-order valence-electron chi connectivity index (χ3n) is 2.87. The predicted octanol–water partition coefficient (Wildman–Crippen LogP) is 3.37. The summed E-state index contributed by atoms with van der Waals surface area (Å²) < 4.78 is 0. The summed E-state index contributed by atoms with van der Waals surface area (Å²) in [6.45, 7) is 0.822. The summed E-state index contributed by atoms with van der Waals surface area (Å²) in [7, 11) is 1.75. The highest BCUT2D eigenvalue weighted by Gasteiger charge is 2.19. The molecule has 2 rings (SSSR count). The molecule has 0 atom stereocenters. The summed E-state index contributed by atoms with van der Waals surface area (Å²) in [5, 5.41) is 1.90. The number of aromatic nitrogens is 1. The number of thiazole rings is 1. The molecule has 1 aromatic heterocycles. The molecule has 0 spiro atoms. The first-order valence-electron chi connectivity index (χ1n) is 6.25. The number of hydrogen-bond donors (Lipinski definition) is 0. The van der Waals surface area contributed by atoms with Gasteiger partial charge in [0.1, 0.15) is 10.0 Å². The molecule has 4 nitrogen and oxygen atoms in total. The monoisotopic (exact) mass is 329 g/mol. The molecule has 1 aromatic rings. The van der Waals surface area contributed by atoms with Crippen LogP contribution in [-0.4, -0.2) is 42.7 Å². The normalized spacial score (nSPS) is 14.2. The lowest BCUT2D eigenvalue weighted by atomic mass is 10.2. The van der Waals surface area contributed by atoms with E-state index in [-0.39, 0.29) is 5.91 Å². The molecule has 0 unspecified atom stereocenters. The Kier molecular flexibility index (Phi) is 5.63. The fraction of sp³-hybridized carbons (Fsp3) is 0.462. The lowest BCUT2D eigenvalue weighted by molar-refractivity contribution is -0.117. The lowest BCUT2D eigenvalue weighted by Gasteiger charge is -2.14. The van der Waals surface area contributed by atoms with Gasteiger partial charge in [-0.05, 0) is 12.7 Å². The topological polar surface area (TPSA) is 45.6 Å². The Labute approximate surface area is 131 Å². The number of dihydropyridines is 1. The van der Waals surface area contributed by atoms with Gasteiger partial charge in [-0.15, -0.1) is 0 Å². The first kappa shape index (κ1) is 15.5. The highest BCUT2D eigenvalue weighted by Crippen LogP contribution is 2.35. The summed E-state index contributed by atoms with van der Waals surface area (Å²) >= 11 is 9.25. The van der Waals surface area contributed by atoms with Crippen molar-refractivity contribution in [3.8, 4) is 0 Å². The van der Waals surface area contributed by atoms with Crippen molar-refractivity contribution in [2.45, 2.75) is 12.8 Å². The van der Waals surface area contributed by atoms with E-state index in [1.54, 1.807) is 23.7 Å². The second-order valence-corrected chi connectivity index (χ2v) is 6.62. The first-order chi connectivity index (χ1) is 9.63. The maximum absolute atomic E-state index is 12.0. The van der Waals surface area contributed by atoms with E-state index in [1.807, 2.05) is 12.5 Å². The highest BCUT2D eigenvalue weighted by atomic mass is 35.5. The van der Waals surface area contributed by atoms with Crippen molar-refractivity contribution in [2.24, 2.45) is 4.99 Å². The number of aliphatic imine (C=N–C) groups is 1. The van der Waals surface area contributed by atoms with Gasteiger partial charge in [0.15, 0.2) is 5.15 Å². The molecule has 0 aliphatic carbocycles. The minimum atomic E-state index is 0.0581. The second kappa shape index (κ2) is 7.24. The third kappa shape index (κ3) is 3.62. The van der Waals surface area contributed by atoms with E-state index in [0.717, 1.165) is 29.3 Å². The Morgan fingerprint density at radius 3 is 3.05 bits per heavy atom. The number of amides is 1. The molecule has 0 N–H and O–H groups in total. The van der Waals surface area contributed by atoms with Crippen LogP contribution in [0.5, 0.6) is 0 Å². The Bertz CT molecular complexity index is 554. The molecule has 1 aliphatic rings. The Balaban J connectivity index is 2.16. The molecule has 2 heterocycles. The molecule has 1 aliphatic heterocycles. The first-order valence-corrected chi connectivity index (χ1v) is 8.84. The van der Waals surface area contributed by atoms with Crippen molar-refractivity contribution in [2.75, 3.05) is 30.5 Å². The van der Waals surface area contributed by atoms with E-state index in [0.29, 0.717) is 16.6 Å². The standard InChI is InChI=1S/C13H16ClN3OS2/c1-17(10(18)5-7-19-2)13-11(14)16-12(20-13)9-4-3-6-15-8-9/h4,8H,3,5-7H2,1-2H3. The van der Waals surface area contributed by atoms with Crippen LogP contribution in [0, 0.1) is 0 Å². The molecule has 0 saturated heterocycles. The van der Waals surface area contributed by atoms with E-state index < -0.39 is 0 Å². The van der Waals surface area contributed by atoms with Gasteiger partial charge >= 0.3 is 0 Å². The molecule has 0 radical (unpaired) electrons. The fourth-order valence-electron chi connectivity index (χ4n) is 1.75. The molecule has 0 fully saturated rings. The number of nitrogens with zero attached hydrogens (tertiary/aromatic N) is 3. The summed E-state index contributed by atoms with van der Waals surface area (Å²) in [6, 6.07) is 0. The zero-order chi connectivity index (χ0) is 14.5. The van der Waals surface area contributed by atoms with Crippen LogP contribution in [0.15, 0.2) is 11.1 Å². The minimum absolute atomic E-state index is 0.0581. The molecular formula is C13H16ClN3OS2. The molecule has 108 valence electrons. The number of rotatable bonds is 5. The summed E-state index contributed by atoms with van der Waals surface area (Å²) in [6.07, 6.45) is 7.33. The quantitative estimate of drug-likeness (QED) is 0.832. The van der Waals surface area contributed by atoms with Crippen LogP contribution in [0.2, 0.25) is 5.15 Å². The van der Waals surface area contributed by atoms with Crippen molar-refractivity contribution in [1.29, 1.82) is 0 Å². The third-order valence-corrected chi connectivity index (χ3v) is 5.04. The minimum Gasteiger partial charge on any atom is -0.304 e. The maximum atomic E-state index is 12.0. The lowest BCUT2D eigenvalue weighted by Crippen LogP contribution is -2.25. The number of carbonyl (C=O) groups is 1. The highest BCUT2D eigenvalue weighted by molar-refractivity contribution is 7.98. The van der Waals surface area contributed by atoms with Gasteiger partial charge in [-0.25, -0.2) is 4.98 Å². The molecular weight excluding hydrogens is 314 g/mol. The van der Waals surface area contributed by atoms with Gasteiger partial charge in [0.05, 0.1) is 0 Å². The van der Waals surface area contributed by atoms with Gasteiger partial charge in [-0.1, -0.05) is 29.0 Å². The van der Waals surface area contributed by atoms with Crippen molar-refractivity contribution < 1.29 is 4.79 Å². The summed E-state index contributed by atoms with van der Waals surface area (Å²) in [5.41, 5.74) is 0.986. The number of anilines is 1. The van der Waals surface area contributed by atoms with Crippen LogP contribution in [0.3, 0.4) is 0 Å². The molecule has 0 bridgehead atoms. The zero-order valence-electron chi connectivity index (χ0n) is 11.4. The number of carbonyl (C=O) groups excluding carboxylic acids is 1. The SMILES string of the molecule is CSCCC(=O)N(C)c1sc(C2=CCCN=C2)nc1Cl. The average Bonchev–Trinajstić information content (AvgIpc) is 2.87. The van der Waals surface area contributed by atoms with Crippen molar-refractivity contribution in [3.63, 3.8) is 0 Å². The fourth-order valence-corrected chi connectivity index (χ4v) is 3.45. The van der Waals surface area contributed by atoms with Crippen LogP contribution in [0.25, 0.3) is 5.57 Å². The van der Waals surface area contributed by atoms with Gasteiger partial charge in [-0.3, -0.25) is 9.79 Å². The van der Waals surface area contributed by atoms with Crippen LogP contribution in [0.1, 0.15) is 17.8 Å². The summed E-state index contributed by atoms with van der Waals surface area (Å²) in [5.74, 6) is 0.868. The van der Waals surface area contributed by atoms with Crippen LogP contribution < -0.4 is 4.90 Å². The number of allylic oxidation sites excluding steroid dienone is 1. The van der Waals surface area contributed by atoms with E-state index in [2.05, 4.69) is 16.1 Å². The van der Waals surface area contributed by atoms with Crippen molar-refractivity contribution >= 4 is 57.4 Å². The van der Waals surface area contributed by atoms with Gasteiger partial charge < -0.3 is 4.90 Å². The summed E-state index contributed by atoms with van der Waals surface area (Å²) in [4.78, 5) is 22.2. The Morgan fingerprint density at radius 2 is 2.40 bits per heavy atom. The largest absolute Gasteiger partial charge is 0.304 e. The van der Waals surface area contributed by atoms with Crippen molar-refractivity contribution in [1.82, 2.24) is 4.98 Å². The van der Waals surface area contributed by atoms with E-state index in [1.165, 1.54) is 11.3 Å². The number of hydrogen-bond acceptors (Lipinski definition) is 5. The van der Waals surface area contributed by atoms with Gasteiger partial charge in [-0.2, -0.15) is 11.8 Å². The van der Waals surface area contributed by atoms with Gasteiger partial charge in [0, 0.05) is 37.6 Å². The predicted molar refractivity (Wildman–Crippen MR) is 89.5 cm³/mol. The Hall–Kier alpha value is -0.850.